The van der Waals surface area contributed by atoms with Gasteiger partial charge in [0.05, 0.1) is 40.8 Å². The van der Waals surface area contributed by atoms with Gasteiger partial charge in [-0.3, -0.25) is 14.4 Å². The molecule has 3 aromatic rings. The minimum absolute atomic E-state index is 0.126. The number of aliphatic hydroxyl groups excluding tert-OH is 1. The van der Waals surface area contributed by atoms with Crippen molar-refractivity contribution in [1.29, 1.82) is 0 Å². The normalized spacial score (nSPS) is 27.4. The summed E-state index contributed by atoms with van der Waals surface area (Å²) in [5.41, 5.74) is 0.513. The van der Waals surface area contributed by atoms with Gasteiger partial charge in [0.15, 0.2) is 0 Å². The van der Waals surface area contributed by atoms with Gasteiger partial charge in [-0.25, -0.2) is 0 Å². The van der Waals surface area contributed by atoms with Crippen LogP contribution in [0.1, 0.15) is 31.4 Å². The fraction of sp³-hybridized carbons (Fsp3) is 0.375. The van der Waals surface area contributed by atoms with Gasteiger partial charge in [-0.2, -0.15) is 0 Å². The van der Waals surface area contributed by atoms with Crippen molar-refractivity contribution in [3.8, 4) is 0 Å². The van der Waals surface area contributed by atoms with E-state index in [-0.39, 0.29) is 30.8 Å². The second-order valence-corrected chi connectivity index (χ2v) is 14.1. The number of aliphatic hydroxyl groups is 1. The molecule has 3 heterocycles. The highest BCUT2D eigenvalue weighted by Gasteiger charge is 2.80. The molecular weight excluding hydrogens is 638 g/mol. The molecule has 1 N–H and O–H groups in total. The first kappa shape index (κ1) is 34.6. The van der Waals surface area contributed by atoms with Gasteiger partial charge < -0.3 is 24.5 Å². The lowest BCUT2D eigenvalue weighted by Crippen LogP contribution is -2.59. The summed E-state index contributed by atoms with van der Waals surface area (Å²) in [6.45, 7) is 13.6. The first-order valence-electron chi connectivity index (χ1n) is 16.9. The van der Waals surface area contributed by atoms with Crippen LogP contribution in [0.15, 0.2) is 104 Å². The lowest BCUT2D eigenvalue weighted by Gasteiger charge is -2.40. The highest BCUT2D eigenvalue weighted by atomic mass is 35.5. The number of benzene rings is 3. The van der Waals surface area contributed by atoms with Crippen LogP contribution in [-0.2, 0) is 25.5 Å². The summed E-state index contributed by atoms with van der Waals surface area (Å²) in [6.07, 6.45) is 3.98. The lowest BCUT2D eigenvalue weighted by molar-refractivity contribution is -0.149. The van der Waals surface area contributed by atoms with E-state index in [4.69, 9.17) is 16.3 Å². The van der Waals surface area contributed by atoms with Crippen molar-refractivity contribution in [2.75, 3.05) is 29.5 Å². The van der Waals surface area contributed by atoms with E-state index in [0.717, 1.165) is 11.1 Å². The molecule has 3 saturated heterocycles. The van der Waals surface area contributed by atoms with Gasteiger partial charge in [0.25, 0.3) is 5.91 Å². The maximum absolute atomic E-state index is 15.3. The summed E-state index contributed by atoms with van der Waals surface area (Å²) in [6, 6.07) is 22.4. The summed E-state index contributed by atoms with van der Waals surface area (Å²) in [5, 5.41) is 11.3. The minimum atomic E-state index is -1.34. The molecule has 3 amide bonds. The van der Waals surface area contributed by atoms with Crippen LogP contribution in [0.2, 0.25) is 5.02 Å². The van der Waals surface area contributed by atoms with E-state index in [1.807, 2.05) is 93.6 Å². The first-order valence-corrected chi connectivity index (χ1v) is 17.2. The number of hydrogen-bond donors (Lipinski definition) is 1. The molecule has 0 saturated carbocycles. The molecule has 3 aliphatic rings. The smallest absolute Gasteiger partial charge is 0.253 e. The Kier molecular flexibility index (Phi) is 9.59. The average Bonchev–Trinajstić information content (AvgIpc) is 3.62. The van der Waals surface area contributed by atoms with Crippen LogP contribution in [0.25, 0.3) is 0 Å². The molecule has 7 atom stereocenters. The molecule has 9 heteroatoms. The van der Waals surface area contributed by atoms with Gasteiger partial charge in [-0.1, -0.05) is 91.3 Å². The number of rotatable bonds is 12. The summed E-state index contributed by atoms with van der Waals surface area (Å²) in [7, 11) is 0. The summed E-state index contributed by atoms with van der Waals surface area (Å²) in [4.78, 5) is 50.0. The van der Waals surface area contributed by atoms with Crippen molar-refractivity contribution in [2.24, 2.45) is 17.8 Å². The van der Waals surface area contributed by atoms with Gasteiger partial charge in [0, 0.05) is 18.8 Å². The zero-order valence-electron chi connectivity index (χ0n) is 28.3. The maximum atomic E-state index is 15.3. The van der Waals surface area contributed by atoms with Crippen LogP contribution in [-0.4, -0.2) is 70.7 Å². The van der Waals surface area contributed by atoms with Crippen molar-refractivity contribution >= 4 is 40.7 Å². The standard InChI is InChI=1S/C40H44ClN3O5/c1-6-21-42(29-18-12-9-13-19-29)36(46)32-33-37(47)44(30(25-45)23-28-16-10-8-11-17-28)35(40(33)24-27(4)39(32,5)49-40)38(48)43(22-7-2)34-26(3)15-14-20-31(34)41/h6-20,27,30,32-33,35,45H,1-2,21-25H2,3-5H3/t27?,30-,32-,33+,35?,39+,40?/m1/s1. The SMILES string of the molecule is C=CCN(C(=O)[C@H]1[C@H]2C(=O)N([C@@H](CO)Cc3ccccc3)C(C(=O)N(CC=C)c3c(C)cccc3Cl)C23CC(C)[C@]1(C)O3)c1ccccc1. The molecule has 3 aromatic carbocycles. The molecular formula is C40H44ClN3O5. The van der Waals surface area contributed by atoms with Crippen LogP contribution in [0.4, 0.5) is 11.4 Å². The van der Waals surface area contributed by atoms with Crippen molar-refractivity contribution in [3.63, 3.8) is 0 Å². The quantitative estimate of drug-likeness (QED) is 0.237. The number of hydrogen-bond acceptors (Lipinski definition) is 5. The number of carbonyl (C=O) groups is 3. The third kappa shape index (κ3) is 5.60. The summed E-state index contributed by atoms with van der Waals surface area (Å²) < 4.78 is 7.06. The van der Waals surface area contributed by atoms with E-state index in [1.165, 1.54) is 4.90 Å². The van der Waals surface area contributed by atoms with E-state index >= 15 is 9.59 Å². The minimum Gasteiger partial charge on any atom is -0.394 e. The van der Waals surface area contributed by atoms with Crippen molar-refractivity contribution in [2.45, 2.75) is 56.9 Å². The Balaban J connectivity index is 1.52. The van der Waals surface area contributed by atoms with E-state index < -0.39 is 47.6 Å². The Morgan fingerprint density at radius 1 is 1.00 bits per heavy atom. The van der Waals surface area contributed by atoms with Gasteiger partial charge in [-0.05, 0) is 61.9 Å². The van der Waals surface area contributed by atoms with Crippen molar-refractivity contribution in [3.05, 3.63) is 120 Å². The fourth-order valence-electron chi connectivity index (χ4n) is 8.62. The predicted molar refractivity (Wildman–Crippen MR) is 192 cm³/mol. The van der Waals surface area contributed by atoms with Crippen molar-refractivity contribution in [1.82, 2.24) is 4.90 Å². The molecule has 1 spiro atoms. The average molecular weight is 682 g/mol. The number of carbonyl (C=O) groups excluding carboxylic acids is 3. The molecule has 0 radical (unpaired) electrons. The Hall–Kier alpha value is -4.24. The van der Waals surface area contributed by atoms with Crippen LogP contribution in [0.5, 0.6) is 0 Å². The summed E-state index contributed by atoms with van der Waals surface area (Å²) in [5.74, 6) is -3.05. The van der Waals surface area contributed by atoms with Gasteiger partial charge in [0.2, 0.25) is 11.8 Å². The number of para-hydroxylation sites is 2. The second kappa shape index (κ2) is 13.6. The summed E-state index contributed by atoms with van der Waals surface area (Å²) >= 11 is 6.76. The largest absolute Gasteiger partial charge is 0.394 e. The second-order valence-electron chi connectivity index (χ2n) is 13.7. The van der Waals surface area contributed by atoms with E-state index in [9.17, 15) is 9.90 Å². The Morgan fingerprint density at radius 3 is 2.24 bits per heavy atom. The monoisotopic (exact) mass is 681 g/mol. The fourth-order valence-corrected chi connectivity index (χ4v) is 8.95. The molecule has 256 valence electrons. The van der Waals surface area contributed by atoms with Gasteiger partial charge in [-0.15, -0.1) is 13.2 Å². The van der Waals surface area contributed by atoms with E-state index in [1.54, 1.807) is 28.0 Å². The van der Waals surface area contributed by atoms with Gasteiger partial charge in [0.1, 0.15) is 11.6 Å². The van der Waals surface area contributed by atoms with Gasteiger partial charge >= 0.3 is 0 Å². The van der Waals surface area contributed by atoms with Crippen LogP contribution in [0, 0.1) is 24.7 Å². The van der Waals surface area contributed by atoms with Crippen LogP contribution >= 0.6 is 11.6 Å². The highest BCUT2D eigenvalue weighted by Crippen LogP contribution is 2.66. The topological polar surface area (TPSA) is 90.4 Å². The Bertz CT molecular complexity index is 1730. The van der Waals surface area contributed by atoms with Crippen LogP contribution < -0.4 is 9.80 Å². The number of aryl methyl sites for hydroxylation is 1. The zero-order chi connectivity index (χ0) is 35.1. The molecule has 6 rings (SSSR count). The maximum Gasteiger partial charge on any atom is 0.253 e. The number of amides is 3. The number of likely N-dealkylation sites (tertiary alicyclic amines) is 1. The number of anilines is 2. The van der Waals surface area contributed by atoms with Crippen LogP contribution in [0.3, 0.4) is 0 Å². The molecule has 0 aliphatic carbocycles. The number of ether oxygens (including phenoxy) is 1. The van der Waals surface area contributed by atoms with E-state index in [2.05, 4.69) is 13.2 Å². The molecule has 49 heavy (non-hydrogen) atoms. The number of fused-ring (bicyclic) bond motifs is 1. The zero-order valence-corrected chi connectivity index (χ0v) is 29.1. The first-order chi connectivity index (χ1) is 23.5. The number of nitrogens with zero attached hydrogens (tertiary/aromatic N) is 3. The highest BCUT2D eigenvalue weighted by molar-refractivity contribution is 6.34. The lowest BCUT2D eigenvalue weighted by atomic mass is 9.62. The molecule has 0 aromatic heterocycles. The predicted octanol–water partition coefficient (Wildman–Crippen LogP) is 6.00. The van der Waals surface area contributed by atoms with Crippen molar-refractivity contribution < 1.29 is 24.2 Å². The third-order valence-electron chi connectivity index (χ3n) is 10.9. The third-order valence-corrected chi connectivity index (χ3v) is 11.2. The molecule has 3 unspecified atom stereocenters. The molecule has 8 nitrogen and oxygen atoms in total. The molecule has 3 aliphatic heterocycles. The molecule has 2 bridgehead atoms. The Labute approximate surface area is 293 Å². The number of halogens is 1. The Morgan fingerprint density at radius 2 is 1.63 bits per heavy atom. The molecule has 3 fully saturated rings. The van der Waals surface area contributed by atoms with E-state index in [0.29, 0.717) is 29.2 Å².